The lowest BCUT2D eigenvalue weighted by Gasteiger charge is -2.42. The van der Waals surface area contributed by atoms with Gasteiger partial charge in [-0.25, -0.2) is 8.42 Å². The number of nitroso groups, excluding NO2 is 1. The normalized spacial score (nSPS) is 16.4. The molecule has 0 bridgehead atoms. The van der Waals surface area contributed by atoms with Crippen LogP contribution < -0.4 is 5.43 Å². The molecule has 1 saturated heterocycles. The number of nitrogens with one attached hydrogen (secondary N) is 1. The van der Waals surface area contributed by atoms with Gasteiger partial charge in [0.05, 0.1) is 16.2 Å². The molecule has 1 N–H and O–H groups in total. The van der Waals surface area contributed by atoms with E-state index in [0.29, 0.717) is 27.3 Å². The minimum atomic E-state index is -4.67. The first-order valence-electron chi connectivity index (χ1n) is 14.5. The second-order valence-corrected chi connectivity index (χ2v) is 13.5. The lowest BCUT2D eigenvalue weighted by atomic mass is 9.75. The number of aryl methyl sites for hydroxylation is 1. The number of nitrogens with zero attached hydrogens (tertiary/aromatic N) is 2. The van der Waals surface area contributed by atoms with Crippen molar-refractivity contribution >= 4 is 27.3 Å². The van der Waals surface area contributed by atoms with Crippen LogP contribution in [0.1, 0.15) is 34.2 Å². The largest absolute Gasteiger partial charge is 0.330 e. The molecule has 0 radical (unpaired) electrons. The molecule has 1 aliphatic heterocycles. The summed E-state index contributed by atoms with van der Waals surface area (Å²) >= 11 is 6.06. The summed E-state index contributed by atoms with van der Waals surface area (Å²) in [6.07, 6.45) is -0.537. The van der Waals surface area contributed by atoms with Gasteiger partial charge in [0.15, 0.2) is 5.54 Å². The van der Waals surface area contributed by atoms with Gasteiger partial charge in [0.1, 0.15) is 0 Å². The monoisotopic (exact) mass is 646 g/mol. The molecule has 1 atom stereocenters. The van der Waals surface area contributed by atoms with Crippen molar-refractivity contribution in [3.05, 3.63) is 177 Å². The molecule has 1 unspecified atom stereocenters. The molecule has 6 rings (SSSR count). The van der Waals surface area contributed by atoms with Crippen molar-refractivity contribution in [3.63, 3.8) is 0 Å². The predicted octanol–water partition coefficient (Wildman–Crippen LogP) is 6.59. The van der Waals surface area contributed by atoms with E-state index in [1.165, 1.54) is 12.1 Å². The standard InChI is InChI=1S/C37H28ClN3O4S/c1-28-19-25-34(26-20-28)46(44,45)36(27-11-12-29-21-23-33(38)24-22-29)35(42)39-41(43)40(36)37(30-13-5-2-6-14-30,31-15-7-3-8-16-31)32-17-9-4-10-18-32/h2-10,13-26H,27H2,1H3/p+1. The van der Waals surface area contributed by atoms with Crippen LogP contribution in [0.25, 0.3) is 0 Å². The number of carbonyl (C=O) groups excluding carboxylic acids is 1. The molecule has 1 heterocycles. The fraction of sp³-hybridized carbons (Fsp3) is 0.108. The highest BCUT2D eigenvalue weighted by Gasteiger charge is 2.75. The number of hydrazine groups is 2. The van der Waals surface area contributed by atoms with E-state index in [9.17, 15) is 9.70 Å². The SMILES string of the molecule is Cc1ccc(S(=O)(=O)C2(CC#Cc3ccc(Cl)cc3)C(=O)N[N+](=O)N2C(c2ccccc2)(c2ccccc2)c2ccccc2)cc1. The second kappa shape index (κ2) is 12.3. The molecule has 46 heavy (non-hydrogen) atoms. The third kappa shape index (κ3) is 5.04. The molecule has 0 saturated carbocycles. The third-order valence-corrected chi connectivity index (χ3v) is 10.7. The van der Waals surface area contributed by atoms with Crippen LogP contribution in [0.4, 0.5) is 0 Å². The minimum absolute atomic E-state index is 0.120. The van der Waals surface area contributed by atoms with Crippen molar-refractivity contribution in [2.24, 2.45) is 0 Å². The zero-order chi connectivity index (χ0) is 32.4. The maximum Gasteiger partial charge on any atom is 0.330 e. The van der Waals surface area contributed by atoms with Crippen LogP contribution in [-0.4, -0.2) is 29.2 Å². The van der Waals surface area contributed by atoms with E-state index in [4.69, 9.17) is 11.6 Å². The van der Waals surface area contributed by atoms with Gasteiger partial charge in [0.25, 0.3) is 4.98 Å². The fourth-order valence-corrected chi connectivity index (χ4v) is 7.98. The predicted molar refractivity (Wildman–Crippen MR) is 177 cm³/mol. The molecule has 1 amide bonds. The first-order valence-corrected chi connectivity index (χ1v) is 16.4. The van der Waals surface area contributed by atoms with Crippen molar-refractivity contribution in [2.75, 3.05) is 0 Å². The smallest absolute Gasteiger partial charge is 0.265 e. The van der Waals surface area contributed by atoms with Crippen LogP contribution in [0, 0.1) is 23.7 Å². The Balaban J connectivity index is 1.72. The average molecular weight is 647 g/mol. The lowest BCUT2D eigenvalue weighted by Crippen LogP contribution is -2.64. The zero-order valence-electron chi connectivity index (χ0n) is 24.8. The quantitative estimate of drug-likeness (QED) is 0.122. The summed E-state index contributed by atoms with van der Waals surface area (Å²) in [5.74, 6) is 4.93. The number of halogens is 1. The number of benzene rings is 5. The molecule has 9 heteroatoms. The van der Waals surface area contributed by atoms with Gasteiger partial charge >= 0.3 is 10.8 Å². The Bertz CT molecular complexity index is 1970. The van der Waals surface area contributed by atoms with Crippen LogP contribution >= 0.6 is 11.6 Å². The number of sulfone groups is 1. The van der Waals surface area contributed by atoms with E-state index in [0.717, 1.165) is 10.6 Å². The van der Waals surface area contributed by atoms with Gasteiger partial charge in [-0.15, -0.1) is 0 Å². The molecule has 228 valence electrons. The molecule has 0 aromatic heterocycles. The Morgan fingerprint density at radius 2 is 1.24 bits per heavy atom. The van der Waals surface area contributed by atoms with Gasteiger partial charge in [0.2, 0.25) is 9.84 Å². The number of amides is 1. The molecular weight excluding hydrogens is 618 g/mol. The van der Waals surface area contributed by atoms with Crippen molar-refractivity contribution in [1.82, 2.24) is 10.4 Å². The first kappa shape index (κ1) is 30.8. The molecule has 1 aliphatic rings. The van der Waals surface area contributed by atoms with Gasteiger partial charge < -0.3 is 0 Å². The molecule has 5 aromatic carbocycles. The van der Waals surface area contributed by atoms with Crippen molar-refractivity contribution in [3.8, 4) is 11.8 Å². The number of hydrogen-bond acceptors (Lipinski definition) is 4. The molecule has 0 spiro atoms. The van der Waals surface area contributed by atoms with Gasteiger partial charge in [-0.1, -0.05) is 143 Å². The highest BCUT2D eigenvalue weighted by atomic mass is 35.5. The van der Waals surface area contributed by atoms with Crippen LogP contribution in [-0.2, 0) is 20.2 Å². The van der Waals surface area contributed by atoms with E-state index < -0.39 is 32.6 Å². The summed E-state index contributed by atoms with van der Waals surface area (Å²) in [4.78, 5) is 26.3. The molecule has 0 aliphatic carbocycles. The van der Waals surface area contributed by atoms with Crippen LogP contribution in [0.2, 0.25) is 5.02 Å². The zero-order valence-corrected chi connectivity index (χ0v) is 26.4. The van der Waals surface area contributed by atoms with E-state index >= 15 is 8.42 Å². The second-order valence-electron chi connectivity index (χ2n) is 10.9. The van der Waals surface area contributed by atoms with Crippen LogP contribution in [0.15, 0.2) is 144 Å². The van der Waals surface area contributed by atoms with Crippen molar-refractivity contribution < 1.29 is 18.2 Å². The van der Waals surface area contributed by atoms with E-state index in [2.05, 4.69) is 17.3 Å². The first-order chi connectivity index (χ1) is 22.2. The maximum atomic E-state index is 15.1. The highest BCUT2D eigenvalue weighted by molar-refractivity contribution is 7.93. The molecule has 5 aromatic rings. The summed E-state index contributed by atoms with van der Waals surface area (Å²) < 4.78 is 30.2. The van der Waals surface area contributed by atoms with Gasteiger partial charge in [-0.05, 0) is 60.0 Å². The summed E-state index contributed by atoms with van der Waals surface area (Å²) in [7, 11) is -4.67. The van der Waals surface area contributed by atoms with E-state index in [1.807, 2.05) is 97.9 Å². The Morgan fingerprint density at radius 3 is 1.72 bits per heavy atom. The van der Waals surface area contributed by atoms with Crippen molar-refractivity contribution in [2.45, 2.75) is 28.6 Å². The Morgan fingerprint density at radius 1 is 0.761 bits per heavy atom. The topological polar surface area (TPSA) is 86.6 Å². The third-order valence-electron chi connectivity index (χ3n) is 8.15. The molecule has 7 nitrogen and oxygen atoms in total. The van der Waals surface area contributed by atoms with Crippen molar-refractivity contribution in [1.29, 1.82) is 0 Å². The van der Waals surface area contributed by atoms with E-state index in [-0.39, 0.29) is 9.87 Å². The fourth-order valence-electron chi connectivity index (χ4n) is 5.98. The summed E-state index contributed by atoms with van der Waals surface area (Å²) in [5, 5.41) is 1.64. The Hall–Kier alpha value is -5.23. The molecular formula is C37H29ClN3O4S+. The Kier molecular flexibility index (Phi) is 8.22. The van der Waals surface area contributed by atoms with Gasteiger partial charge in [-0.3, -0.25) is 4.79 Å². The number of hydrogen-bond donors (Lipinski definition) is 1. The Labute approximate surface area is 272 Å². The number of carbonyl (C=O) groups is 1. The summed E-state index contributed by atoms with van der Waals surface area (Å²) in [6, 6.07) is 40.2. The minimum Gasteiger partial charge on any atom is -0.265 e. The number of rotatable bonds is 7. The van der Waals surface area contributed by atoms with E-state index in [1.54, 1.807) is 36.4 Å². The summed E-state index contributed by atoms with van der Waals surface area (Å²) in [6.45, 7) is 1.84. The van der Waals surface area contributed by atoms with Crippen LogP contribution in [0.3, 0.4) is 0 Å². The lowest BCUT2D eigenvalue weighted by molar-refractivity contribution is -0.746. The average Bonchev–Trinajstić information content (AvgIpc) is 3.34. The van der Waals surface area contributed by atoms with Crippen LogP contribution in [0.5, 0.6) is 0 Å². The molecule has 1 fully saturated rings. The maximum absolute atomic E-state index is 15.1. The highest BCUT2D eigenvalue weighted by Crippen LogP contribution is 2.50. The van der Waals surface area contributed by atoms with Gasteiger partial charge in [0, 0.05) is 10.6 Å². The summed E-state index contributed by atoms with van der Waals surface area (Å²) in [5.41, 5.74) is 3.80. The van der Waals surface area contributed by atoms with Gasteiger partial charge in [-0.2, -0.15) is 0 Å².